The molecule has 1 heterocycles. The summed E-state index contributed by atoms with van der Waals surface area (Å²) in [6.45, 7) is 9.54. The van der Waals surface area contributed by atoms with E-state index in [-0.39, 0.29) is 0 Å². The number of benzene rings is 1. The van der Waals surface area contributed by atoms with E-state index in [1.165, 1.54) is 16.6 Å². The van der Waals surface area contributed by atoms with Crippen LogP contribution in [0.1, 0.15) is 12.6 Å². The maximum absolute atomic E-state index is 6.82. The summed E-state index contributed by atoms with van der Waals surface area (Å²) < 4.78 is 0. The Balaban J connectivity index is 2.19. The van der Waals surface area contributed by atoms with Crippen molar-refractivity contribution < 1.29 is 0 Å². The summed E-state index contributed by atoms with van der Waals surface area (Å²) in [4.78, 5) is 6.80. The molecule has 0 radical (unpaired) electrons. The number of H-pyrrole nitrogens is 1. The molecular weight excluding hydrogens is 184 g/mol. The number of nitrogens with one attached hydrogen (secondary N) is 1. The quantitative estimate of drug-likeness (QED) is 0.730. The summed E-state index contributed by atoms with van der Waals surface area (Å²) in [6, 6.07) is 10.4. The third kappa shape index (κ3) is 2.19. The Morgan fingerprint density at radius 1 is 1.40 bits per heavy atom. The lowest BCUT2D eigenvalue weighted by molar-refractivity contribution is 0.621. The van der Waals surface area contributed by atoms with E-state index >= 15 is 0 Å². The fourth-order valence-corrected chi connectivity index (χ4v) is 1.84. The second kappa shape index (κ2) is 4.18. The maximum Gasteiger partial charge on any atom is 0.217 e. The first-order valence-corrected chi connectivity index (χ1v) is 5.19. The highest BCUT2D eigenvalue weighted by atomic mass is 14.7. The van der Waals surface area contributed by atoms with E-state index in [4.69, 9.17) is 6.57 Å². The normalized spacial score (nSPS) is 12.5. The minimum Gasteiger partial charge on any atom is -0.358 e. The Morgan fingerprint density at radius 3 is 2.93 bits per heavy atom. The Bertz CT molecular complexity index is 457. The van der Waals surface area contributed by atoms with E-state index in [0.717, 1.165) is 6.42 Å². The van der Waals surface area contributed by atoms with Crippen LogP contribution in [0.2, 0.25) is 0 Å². The van der Waals surface area contributed by atoms with E-state index in [1.54, 1.807) is 0 Å². The summed E-state index contributed by atoms with van der Waals surface area (Å²) in [5.41, 5.74) is 2.41. The molecular formula is C13H14N2. The van der Waals surface area contributed by atoms with Gasteiger partial charge in [0, 0.05) is 17.1 Å². The van der Waals surface area contributed by atoms with Crippen LogP contribution in [0.4, 0.5) is 0 Å². The molecule has 2 aromatic rings. The van der Waals surface area contributed by atoms with Gasteiger partial charge >= 0.3 is 0 Å². The highest BCUT2D eigenvalue weighted by Gasteiger charge is 2.08. The number of nitrogens with zero attached hydrogens (tertiary/aromatic N) is 1. The molecule has 0 saturated heterocycles. The molecule has 0 amide bonds. The smallest absolute Gasteiger partial charge is 0.217 e. The van der Waals surface area contributed by atoms with Crippen LogP contribution in [0, 0.1) is 12.5 Å². The standard InChI is InChI=1S/C13H14N2/c1-10(9-14-2)7-12-8-11-5-3-4-6-13(11)15-12/h3-6,8,10,15H,7,9H2,1H3/t10-/m0/s1. The molecule has 2 heteroatoms. The zero-order valence-corrected chi connectivity index (χ0v) is 8.83. The molecule has 15 heavy (non-hydrogen) atoms. The van der Waals surface area contributed by atoms with E-state index in [9.17, 15) is 0 Å². The Labute approximate surface area is 89.7 Å². The fraction of sp³-hybridized carbons (Fsp3) is 0.308. The van der Waals surface area contributed by atoms with Crippen molar-refractivity contribution in [2.24, 2.45) is 5.92 Å². The molecule has 0 aliphatic carbocycles. The van der Waals surface area contributed by atoms with E-state index in [2.05, 4.69) is 35.0 Å². The van der Waals surface area contributed by atoms with Gasteiger partial charge in [0.2, 0.25) is 6.54 Å². The van der Waals surface area contributed by atoms with Gasteiger partial charge in [-0.2, -0.15) is 0 Å². The van der Waals surface area contributed by atoms with Crippen molar-refractivity contribution in [1.82, 2.24) is 4.98 Å². The molecule has 2 rings (SSSR count). The Morgan fingerprint density at radius 2 is 2.20 bits per heavy atom. The lowest BCUT2D eigenvalue weighted by atomic mass is 10.1. The fourth-order valence-electron chi connectivity index (χ4n) is 1.84. The van der Waals surface area contributed by atoms with Crippen LogP contribution in [0.25, 0.3) is 15.7 Å². The van der Waals surface area contributed by atoms with Crippen molar-refractivity contribution in [3.8, 4) is 0 Å². The third-order valence-electron chi connectivity index (χ3n) is 2.56. The summed E-state index contributed by atoms with van der Waals surface area (Å²) in [6.07, 6.45) is 0.955. The monoisotopic (exact) mass is 198 g/mol. The van der Waals surface area contributed by atoms with Gasteiger partial charge in [-0.3, -0.25) is 0 Å². The second-order valence-corrected chi connectivity index (χ2v) is 4.03. The average Bonchev–Trinajstić information content (AvgIpc) is 2.59. The van der Waals surface area contributed by atoms with Gasteiger partial charge in [0.05, 0.1) is 0 Å². The molecule has 1 atom stereocenters. The summed E-state index contributed by atoms with van der Waals surface area (Å²) in [5, 5.41) is 1.25. The number of aromatic nitrogens is 1. The van der Waals surface area contributed by atoms with Crippen LogP contribution in [-0.2, 0) is 6.42 Å². The van der Waals surface area contributed by atoms with Crippen LogP contribution in [0.15, 0.2) is 30.3 Å². The predicted octanol–water partition coefficient (Wildman–Crippen LogP) is 3.27. The van der Waals surface area contributed by atoms with Crippen molar-refractivity contribution in [3.05, 3.63) is 47.4 Å². The van der Waals surface area contributed by atoms with Gasteiger partial charge in [-0.15, -0.1) is 0 Å². The molecule has 0 saturated carbocycles. The summed E-state index contributed by atoms with van der Waals surface area (Å²) in [5.74, 6) is 0.426. The Kier molecular flexibility index (Phi) is 2.73. The first-order valence-electron chi connectivity index (χ1n) is 5.19. The molecule has 0 bridgehead atoms. The van der Waals surface area contributed by atoms with Gasteiger partial charge in [-0.05, 0) is 23.9 Å². The second-order valence-electron chi connectivity index (χ2n) is 4.03. The van der Waals surface area contributed by atoms with Gasteiger partial charge < -0.3 is 9.83 Å². The largest absolute Gasteiger partial charge is 0.358 e. The number of fused-ring (bicyclic) bond motifs is 1. The number of hydrogen-bond acceptors (Lipinski definition) is 0. The molecule has 1 aromatic carbocycles. The first kappa shape index (κ1) is 9.79. The molecule has 1 aromatic heterocycles. The molecule has 0 aliphatic rings. The van der Waals surface area contributed by atoms with Gasteiger partial charge in [0.1, 0.15) is 0 Å². The highest BCUT2D eigenvalue weighted by Crippen LogP contribution is 2.17. The SMILES string of the molecule is [C-]#[N+]C[C@@H](C)Cc1cc2ccccc2[nH]1. The molecule has 0 fully saturated rings. The third-order valence-corrected chi connectivity index (χ3v) is 2.56. The molecule has 0 unspecified atom stereocenters. The van der Waals surface area contributed by atoms with Gasteiger partial charge in [-0.25, -0.2) is 6.57 Å². The van der Waals surface area contributed by atoms with E-state index in [1.807, 2.05) is 12.1 Å². The summed E-state index contributed by atoms with van der Waals surface area (Å²) in [7, 11) is 0. The first-order chi connectivity index (χ1) is 7.29. The van der Waals surface area contributed by atoms with Crippen LogP contribution >= 0.6 is 0 Å². The van der Waals surface area contributed by atoms with Crippen LogP contribution in [0.5, 0.6) is 0 Å². The van der Waals surface area contributed by atoms with Crippen molar-refractivity contribution in [1.29, 1.82) is 0 Å². The van der Waals surface area contributed by atoms with E-state index in [0.29, 0.717) is 12.5 Å². The highest BCUT2D eigenvalue weighted by molar-refractivity contribution is 5.80. The lowest BCUT2D eigenvalue weighted by Gasteiger charge is -2.01. The van der Waals surface area contributed by atoms with Crippen LogP contribution < -0.4 is 0 Å². The zero-order chi connectivity index (χ0) is 10.7. The number of hydrogen-bond donors (Lipinski definition) is 1. The van der Waals surface area contributed by atoms with E-state index < -0.39 is 0 Å². The van der Waals surface area contributed by atoms with Crippen molar-refractivity contribution in [2.75, 3.05) is 6.54 Å². The molecule has 0 spiro atoms. The van der Waals surface area contributed by atoms with Crippen LogP contribution in [0.3, 0.4) is 0 Å². The molecule has 2 nitrogen and oxygen atoms in total. The van der Waals surface area contributed by atoms with Gasteiger partial charge in [-0.1, -0.05) is 25.1 Å². The van der Waals surface area contributed by atoms with Crippen molar-refractivity contribution in [3.63, 3.8) is 0 Å². The van der Waals surface area contributed by atoms with Crippen LogP contribution in [-0.4, -0.2) is 11.5 Å². The van der Waals surface area contributed by atoms with Gasteiger partial charge in [0.25, 0.3) is 0 Å². The number of rotatable bonds is 3. The maximum atomic E-state index is 6.82. The van der Waals surface area contributed by atoms with Gasteiger partial charge in [0.15, 0.2) is 0 Å². The zero-order valence-electron chi connectivity index (χ0n) is 8.83. The predicted molar refractivity (Wildman–Crippen MR) is 62.6 cm³/mol. The van der Waals surface area contributed by atoms with Crippen molar-refractivity contribution >= 4 is 10.9 Å². The number of aromatic amines is 1. The Hall–Kier alpha value is -1.75. The number of para-hydroxylation sites is 1. The molecule has 0 aliphatic heterocycles. The average molecular weight is 198 g/mol. The molecule has 1 N–H and O–H groups in total. The summed E-state index contributed by atoms with van der Waals surface area (Å²) >= 11 is 0. The molecule has 76 valence electrons. The minimum atomic E-state index is 0.426. The van der Waals surface area contributed by atoms with Crippen molar-refractivity contribution in [2.45, 2.75) is 13.3 Å². The topological polar surface area (TPSA) is 20.1 Å². The lowest BCUT2D eigenvalue weighted by Crippen LogP contribution is -2.02. The minimum absolute atomic E-state index is 0.426.